The molecule has 4 nitrogen and oxygen atoms in total. The van der Waals surface area contributed by atoms with Crippen molar-refractivity contribution in [3.8, 4) is 11.1 Å². The summed E-state index contributed by atoms with van der Waals surface area (Å²) in [6.07, 6.45) is 0.0326. The fraction of sp³-hybridized carbons (Fsp3) is 0.381. The van der Waals surface area contributed by atoms with Gasteiger partial charge in [0.25, 0.3) is 5.91 Å². The molecule has 0 radical (unpaired) electrons. The van der Waals surface area contributed by atoms with Gasteiger partial charge in [0.05, 0.1) is 6.10 Å². The first-order valence-corrected chi connectivity index (χ1v) is 8.68. The number of rotatable bonds is 7. The highest BCUT2D eigenvalue weighted by Gasteiger charge is 2.15. The van der Waals surface area contributed by atoms with Gasteiger partial charge in [-0.25, -0.2) is 0 Å². The number of hydrogen-bond acceptors (Lipinski definition) is 3. The van der Waals surface area contributed by atoms with Crippen LogP contribution in [-0.2, 0) is 4.74 Å². The highest BCUT2D eigenvalue weighted by atomic mass is 16.5. The van der Waals surface area contributed by atoms with Gasteiger partial charge >= 0.3 is 0 Å². The predicted octanol–water partition coefficient (Wildman–Crippen LogP) is 3.92. The van der Waals surface area contributed by atoms with Gasteiger partial charge in [0, 0.05) is 51.1 Å². The number of amides is 1. The Kier molecular flexibility index (Phi) is 6.59. The number of carbonyl (C=O) groups excluding carboxylic acids is 1. The number of ether oxygens (including phenoxy) is 1. The Bertz CT molecular complexity index is 695. The monoisotopic (exact) mass is 340 g/mol. The molecule has 2 aromatic rings. The van der Waals surface area contributed by atoms with E-state index in [0.717, 1.165) is 16.8 Å². The molecule has 0 fully saturated rings. The quantitative estimate of drug-likeness (QED) is 0.766. The van der Waals surface area contributed by atoms with Crippen molar-refractivity contribution in [3.05, 3.63) is 54.1 Å². The molecule has 4 heteroatoms. The third-order valence-electron chi connectivity index (χ3n) is 4.16. The molecular formula is C21H28N2O2. The third kappa shape index (κ3) is 4.83. The van der Waals surface area contributed by atoms with Crippen LogP contribution in [0.25, 0.3) is 11.1 Å². The van der Waals surface area contributed by atoms with Gasteiger partial charge in [-0.05, 0) is 37.6 Å². The molecule has 0 aliphatic heterocycles. The average Bonchev–Trinajstić information content (AvgIpc) is 2.61. The Hall–Kier alpha value is -2.33. The molecule has 25 heavy (non-hydrogen) atoms. The minimum absolute atomic E-state index is 0.0130. The zero-order valence-electron chi connectivity index (χ0n) is 15.8. The van der Waals surface area contributed by atoms with Gasteiger partial charge in [-0.2, -0.15) is 0 Å². The van der Waals surface area contributed by atoms with E-state index in [1.54, 1.807) is 4.90 Å². The van der Waals surface area contributed by atoms with Gasteiger partial charge in [-0.1, -0.05) is 30.3 Å². The van der Waals surface area contributed by atoms with E-state index >= 15 is 0 Å². The molecule has 0 aliphatic carbocycles. The van der Waals surface area contributed by atoms with Gasteiger partial charge in [-0.3, -0.25) is 4.79 Å². The molecule has 134 valence electrons. The van der Waals surface area contributed by atoms with Crippen LogP contribution in [0.5, 0.6) is 0 Å². The largest absolute Gasteiger partial charge is 0.377 e. The number of carbonyl (C=O) groups is 1. The fourth-order valence-electron chi connectivity index (χ4n) is 2.93. The summed E-state index contributed by atoms with van der Waals surface area (Å²) in [5.74, 6) is 0.0130. The molecule has 0 N–H and O–H groups in total. The fourth-order valence-corrected chi connectivity index (χ4v) is 2.93. The van der Waals surface area contributed by atoms with Crippen molar-refractivity contribution in [1.29, 1.82) is 0 Å². The summed E-state index contributed by atoms with van der Waals surface area (Å²) in [6, 6.07) is 16.1. The van der Waals surface area contributed by atoms with Crippen LogP contribution < -0.4 is 4.90 Å². The SMILES string of the molecule is CCO[C@H](C)CN(C)C(=O)c1ccc(-c2ccccc2N(C)C)cc1. The summed E-state index contributed by atoms with van der Waals surface area (Å²) in [6.45, 7) is 5.18. The minimum atomic E-state index is 0.0130. The van der Waals surface area contributed by atoms with E-state index < -0.39 is 0 Å². The highest BCUT2D eigenvalue weighted by Crippen LogP contribution is 2.29. The van der Waals surface area contributed by atoms with E-state index in [-0.39, 0.29) is 12.0 Å². The summed E-state index contributed by atoms with van der Waals surface area (Å²) >= 11 is 0. The third-order valence-corrected chi connectivity index (χ3v) is 4.16. The number of nitrogens with zero attached hydrogens (tertiary/aromatic N) is 2. The van der Waals surface area contributed by atoms with Crippen molar-refractivity contribution in [1.82, 2.24) is 4.90 Å². The van der Waals surface area contributed by atoms with Crippen LogP contribution in [0.15, 0.2) is 48.5 Å². The Morgan fingerprint density at radius 3 is 2.28 bits per heavy atom. The maximum atomic E-state index is 12.6. The van der Waals surface area contributed by atoms with E-state index in [0.29, 0.717) is 18.7 Å². The second-order valence-corrected chi connectivity index (χ2v) is 6.44. The molecule has 1 amide bonds. The molecule has 0 heterocycles. The van der Waals surface area contributed by atoms with Crippen LogP contribution in [-0.4, -0.2) is 51.2 Å². The van der Waals surface area contributed by atoms with Crippen molar-refractivity contribution in [3.63, 3.8) is 0 Å². The van der Waals surface area contributed by atoms with Crippen LogP contribution in [0.2, 0.25) is 0 Å². The number of para-hydroxylation sites is 1. The zero-order valence-corrected chi connectivity index (χ0v) is 15.8. The first kappa shape index (κ1) is 19.0. The molecule has 0 aromatic heterocycles. The second-order valence-electron chi connectivity index (χ2n) is 6.44. The summed E-state index contributed by atoms with van der Waals surface area (Å²) in [5, 5.41) is 0. The maximum absolute atomic E-state index is 12.6. The van der Waals surface area contributed by atoms with Crippen LogP contribution in [0, 0.1) is 0 Å². The Morgan fingerprint density at radius 2 is 1.68 bits per heavy atom. The first-order chi connectivity index (χ1) is 11.9. The van der Waals surface area contributed by atoms with Gasteiger partial charge in [0.2, 0.25) is 0 Å². The van der Waals surface area contributed by atoms with Crippen molar-refractivity contribution in [2.75, 3.05) is 39.2 Å². The predicted molar refractivity (Wildman–Crippen MR) is 104 cm³/mol. The Labute approximate surface area is 151 Å². The minimum Gasteiger partial charge on any atom is -0.377 e. The van der Waals surface area contributed by atoms with E-state index in [9.17, 15) is 4.79 Å². The molecule has 0 saturated carbocycles. The Morgan fingerprint density at radius 1 is 1.04 bits per heavy atom. The molecule has 2 aromatic carbocycles. The van der Waals surface area contributed by atoms with Crippen molar-refractivity contribution >= 4 is 11.6 Å². The molecule has 0 unspecified atom stereocenters. The summed E-state index contributed by atoms with van der Waals surface area (Å²) in [7, 11) is 5.88. The lowest BCUT2D eigenvalue weighted by Gasteiger charge is -2.22. The number of anilines is 1. The number of benzene rings is 2. The number of hydrogen-bond donors (Lipinski definition) is 0. The first-order valence-electron chi connectivity index (χ1n) is 8.68. The maximum Gasteiger partial charge on any atom is 0.253 e. The molecule has 0 saturated heterocycles. The van der Waals surface area contributed by atoms with Crippen molar-refractivity contribution < 1.29 is 9.53 Å². The second kappa shape index (κ2) is 8.67. The standard InChI is InChI=1S/C21H28N2O2/c1-6-25-16(2)15-23(5)21(24)18-13-11-17(12-14-18)19-9-7-8-10-20(19)22(3)4/h7-14,16H,6,15H2,1-5H3/t16-/m1/s1. The van der Waals surface area contributed by atoms with E-state index in [1.807, 2.05) is 71.4 Å². The lowest BCUT2D eigenvalue weighted by atomic mass is 10.0. The average molecular weight is 340 g/mol. The smallest absolute Gasteiger partial charge is 0.253 e. The normalized spacial score (nSPS) is 11.9. The molecule has 0 bridgehead atoms. The van der Waals surface area contributed by atoms with Gasteiger partial charge in [-0.15, -0.1) is 0 Å². The lowest BCUT2D eigenvalue weighted by Crippen LogP contribution is -2.34. The molecule has 0 spiro atoms. The van der Waals surface area contributed by atoms with Gasteiger partial charge in [0.15, 0.2) is 0 Å². The molecule has 2 rings (SSSR count). The molecular weight excluding hydrogens is 312 g/mol. The topological polar surface area (TPSA) is 32.8 Å². The van der Waals surface area contributed by atoms with Crippen LogP contribution >= 0.6 is 0 Å². The van der Waals surface area contributed by atoms with E-state index in [1.165, 1.54) is 0 Å². The summed E-state index contributed by atoms with van der Waals surface area (Å²) < 4.78 is 5.51. The van der Waals surface area contributed by atoms with Crippen LogP contribution in [0.3, 0.4) is 0 Å². The van der Waals surface area contributed by atoms with Crippen LogP contribution in [0.4, 0.5) is 5.69 Å². The highest BCUT2D eigenvalue weighted by molar-refractivity contribution is 5.94. The van der Waals surface area contributed by atoms with Gasteiger partial charge in [0.1, 0.15) is 0 Å². The lowest BCUT2D eigenvalue weighted by molar-refractivity contribution is 0.0436. The summed E-state index contributed by atoms with van der Waals surface area (Å²) in [4.78, 5) is 16.4. The molecule has 1 atom stereocenters. The van der Waals surface area contributed by atoms with E-state index in [2.05, 4.69) is 17.0 Å². The van der Waals surface area contributed by atoms with Crippen molar-refractivity contribution in [2.45, 2.75) is 20.0 Å². The Balaban J connectivity index is 2.16. The van der Waals surface area contributed by atoms with Gasteiger partial charge < -0.3 is 14.5 Å². The number of likely N-dealkylation sites (N-methyl/N-ethyl adjacent to an activating group) is 1. The van der Waals surface area contributed by atoms with E-state index in [4.69, 9.17) is 4.74 Å². The van der Waals surface area contributed by atoms with Crippen LogP contribution in [0.1, 0.15) is 24.2 Å². The summed E-state index contributed by atoms with van der Waals surface area (Å²) in [5.41, 5.74) is 4.11. The molecule has 0 aliphatic rings. The van der Waals surface area contributed by atoms with Crippen molar-refractivity contribution in [2.24, 2.45) is 0 Å². The zero-order chi connectivity index (χ0) is 18.4.